The molecule has 0 unspecified atom stereocenters. The summed E-state index contributed by atoms with van der Waals surface area (Å²) in [5.41, 5.74) is 1.10. The molecule has 2 aromatic rings. The first-order chi connectivity index (χ1) is 13.1. The Labute approximate surface area is 160 Å². The number of nitrogens with one attached hydrogen (secondary N) is 1. The normalized spacial score (nSPS) is 10.2. The number of anilines is 1. The van der Waals surface area contributed by atoms with Gasteiger partial charge in [-0.1, -0.05) is 18.2 Å². The minimum Gasteiger partial charge on any atom is -0.490 e. The Hall–Kier alpha value is -3.02. The molecule has 0 aliphatic rings. The third-order valence-corrected chi connectivity index (χ3v) is 3.95. The fraction of sp³-hybridized carbons (Fsp3) is 0.333. The van der Waals surface area contributed by atoms with Gasteiger partial charge in [-0.15, -0.1) is 0 Å². The molecule has 6 nitrogen and oxygen atoms in total. The second-order valence-corrected chi connectivity index (χ2v) is 5.77. The van der Waals surface area contributed by atoms with Crippen molar-refractivity contribution in [1.82, 2.24) is 4.90 Å². The maximum absolute atomic E-state index is 12.4. The summed E-state index contributed by atoms with van der Waals surface area (Å²) >= 11 is 0. The molecule has 0 atom stereocenters. The number of hydrogen-bond donors (Lipinski definition) is 1. The molecule has 0 aromatic heterocycles. The molecule has 27 heavy (non-hydrogen) atoms. The van der Waals surface area contributed by atoms with Crippen LogP contribution in [0, 0.1) is 0 Å². The Morgan fingerprint density at radius 2 is 1.59 bits per heavy atom. The number of rotatable bonds is 9. The lowest BCUT2D eigenvalue weighted by Gasteiger charge is -2.19. The van der Waals surface area contributed by atoms with Crippen LogP contribution in [-0.2, 0) is 4.79 Å². The lowest BCUT2D eigenvalue weighted by atomic mass is 10.1. The predicted molar refractivity (Wildman–Crippen MR) is 105 cm³/mol. The van der Waals surface area contributed by atoms with E-state index in [-0.39, 0.29) is 18.4 Å². The zero-order chi connectivity index (χ0) is 19.6. The molecule has 0 bridgehead atoms. The molecule has 2 aromatic carbocycles. The summed E-state index contributed by atoms with van der Waals surface area (Å²) in [6.45, 7) is 7.39. The average molecular weight is 370 g/mol. The van der Waals surface area contributed by atoms with Crippen LogP contribution in [0.15, 0.2) is 48.5 Å². The highest BCUT2D eigenvalue weighted by atomic mass is 16.5. The smallest absolute Gasteiger partial charge is 0.262 e. The van der Waals surface area contributed by atoms with Gasteiger partial charge in [-0.2, -0.15) is 0 Å². The van der Waals surface area contributed by atoms with Gasteiger partial charge in [-0.05, 0) is 51.1 Å². The molecule has 1 N–H and O–H groups in total. The van der Waals surface area contributed by atoms with Crippen LogP contribution in [0.1, 0.15) is 31.1 Å². The van der Waals surface area contributed by atoms with Gasteiger partial charge in [0, 0.05) is 24.3 Å². The molecule has 144 valence electrons. The second-order valence-electron chi connectivity index (χ2n) is 5.77. The fourth-order valence-electron chi connectivity index (χ4n) is 2.61. The summed E-state index contributed by atoms with van der Waals surface area (Å²) < 4.78 is 11.0. The van der Waals surface area contributed by atoms with Crippen molar-refractivity contribution >= 4 is 17.5 Å². The van der Waals surface area contributed by atoms with Gasteiger partial charge in [0.1, 0.15) is 0 Å². The highest BCUT2D eigenvalue weighted by molar-refractivity contribution is 5.97. The van der Waals surface area contributed by atoms with Crippen molar-refractivity contribution in [2.45, 2.75) is 20.8 Å². The number of amides is 2. The van der Waals surface area contributed by atoms with E-state index in [9.17, 15) is 9.59 Å². The fourth-order valence-corrected chi connectivity index (χ4v) is 2.61. The van der Waals surface area contributed by atoms with Gasteiger partial charge < -0.3 is 19.7 Å². The highest BCUT2D eigenvalue weighted by Gasteiger charge is 2.13. The summed E-state index contributed by atoms with van der Waals surface area (Å²) in [5, 5.41) is 2.76. The van der Waals surface area contributed by atoms with Gasteiger partial charge >= 0.3 is 0 Å². The van der Waals surface area contributed by atoms with Crippen molar-refractivity contribution in [1.29, 1.82) is 0 Å². The first-order valence-corrected chi connectivity index (χ1v) is 9.12. The van der Waals surface area contributed by atoms with E-state index in [4.69, 9.17) is 9.47 Å². The summed E-state index contributed by atoms with van der Waals surface area (Å²) in [5.74, 6) is 0.742. The lowest BCUT2D eigenvalue weighted by Crippen LogP contribution is -2.30. The molecule has 0 heterocycles. The summed E-state index contributed by atoms with van der Waals surface area (Å²) in [7, 11) is 0. The van der Waals surface area contributed by atoms with Crippen LogP contribution in [0.4, 0.5) is 5.69 Å². The number of para-hydroxylation sites is 2. The topological polar surface area (TPSA) is 67.9 Å². The third-order valence-electron chi connectivity index (χ3n) is 3.95. The standard InChI is InChI=1S/C21H26N2O4/c1-4-23(5-2)21(25)16-10-9-11-17(14-16)22-20(24)15-27-19-13-8-7-12-18(19)26-6-3/h7-14H,4-6,15H2,1-3H3,(H,22,24). The maximum Gasteiger partial charge on any atom is 0.262 e. The largest absolute Gasteiger partial charge is 0.490 e. The maximum atomic E-state index is 12.4. The number of hydrogen-bond acceptors (Lipinski definition) is 4. The molecule has 0 saturated heterocycles. The Bertz CT molecular complexity index is 772. The third kappa shape index (κ3) is 5.74. The van der Waals surface area contributed by atoms with E-state index in [1.165, 1.54) is 0 Å². The van der Waals surface area contributed by atoms with Gasteiger partial charge in [-0.25, -0.2) is 0 Å². The molecule has 2 rings (SSSR count). The van der Waals surface area contributed by atoms with Crippen LogP contribution in [0.25, 0.3) is 0 Å². The Kier molecular flexibility index (Phi) is 7.67. The zero-order valence-corrected chi connectivity index (χ0v) is 16.0. The molecular formula is C21H26N2O4. The quantitative estimate of drug-likeness (QED) is 0.732. The van der Waals surface area contributed by atoms with E-state index < -0.39 is 0 Å². The summed E-state index contributed by atoms with van der Waals surface area (Å²) in [6.07, 6.45) is 0. The van der Waals surface area contributed by atoms with Crippen molar-refractivity contribution in [2.75, 3.05) is 31.6 Å². The summed E-state index contributed by atoms with van der Waals surface area (Å²) in [4.78, 5) is 26.4. The van der Waals surface area contributed by atoms with Gasteiger partial charge in [0.2, 0.25) is 0 Å². The van der Waals surface area contributed by atoms with E-state index in [0.29, 0.717) is 42.4 Å². The van der Waals surface area contributed by atoms with Crippen molar-refractivity contribution < 1.29 is 19.1 Å². The Balaban J connectivity index is 1.98. The van der Waals surface area contributed by atoms with Gasteiger partial charge in [-0.3, -0.25) is 9.59 Å². The molecule has 2 amide bonds. The van der Waals surface area contributed by atoms with E-state index in [1.807, 2.05) is 32.9 Å². The number of carbonyl (C=O) groups excluding carboxylic acids is 2. The molecule has 6 heteroatoms. The molecular weight excluding hydrogens is 344 g/mol. The minimum absolute atomic E-state index is 0.0574. The number of ether oxygens (including phenoxy) is 2. The zero-order valence-electron chi connectivity index (χ0n) is 16.0. The van der Waals surface area contributed by atoms with Crippen LogP contribution in [0.3, 0.4) is 0 Å². The van der Waals surface area contributed by atoms with E-state index in [0.717, 1.165) is 0 Å². The van der Waals surface area contributed by atoms with Crippen LogP contribution in [0.5, 0.6) is 11.5 Å². The van der Waals surface area contributed by atoms with Crippen LogP contribution in [0.2, 0.25) is 0 Å². The van der Waals surface area contributed by atoms with Crippen molar-refractivity contribution in [3.63, 3.8) is 0 Å². The first kappa shape index (κ1) is 20.3. The van der Waals surface area contributed by atoms with Crippen LogP contribution < -0.4 is 14.8 Å². The molecule has 0 spiro atoms. The van der Waals surface area contributed by atoms with E-state index in [1.54, 1.807) is 41.3 Å². The summed E-state index contributed by atoms with van der Waals surface area (Å²) in [6, 6.07) is 14.1. The number of benzene rings is 2. The average Bonchev–Trinajstić information content (AvgIpc) is 2.68. The predicted octanol–water partition coefficient (Wildman–Crippen LogP) is 3.58. The monoisotopic (exact) mass is 370 g/mol. The molecule has 0 fully saturated rings. The molecule has 0 aliphatic heterocycles. The molecule has 0 radical (unpaired) electrons. The first-order valence-electron chi connectivity index (χ1n) is 9.12. The van der Waals surface area contributed by atoms with Crippen molar-refractivity contribution in [2.24, 2.45) is 0 Å². The van der Waals surface area contributed by atoms with Crippen LogP contribution >= 0.6 is 0 Å². The minimum atomic E-state index is -0.311. The second kappa shape index (κ2) is 10.2. The number of nitrogens with zero attached hydrogens (tertiary/aromatic N) is 1. The Morgan fingerprint density at radius 3 is 2.22 bits per heavy atom. The SMILES string of the molecule is CCOc1ccccc1OCC(=O)Nc1cccc(C(=O)N(CC)CC)c1. The van der Waals surface area contributed by atoms with Crippen molar-refractivity contribution in [3.05, 3.63) is 54.1 Å². The van der Waals surface area contributed by atoms with Gasteiger partial charge in [0.15, 0.2) is 18.1 Å². The molecule has 0 saturated carbocycles. The van der Waals surface area contributed by atoms with Gasteiger partial charge in [0.05, 0.1) is 6.61 Å². The Morgan fingerprint density at radius 1 is 0.926 bits per heavy atom. The van der Waals surface area contributed by atoms with Crippen molar-refractivity contribution in [3.8, 4) is 11.5 Å². The van der Waals surface area contributed by atoms with E-state index in [2.05, 4.69) is 5.32 Å². The highest BCUT2D eigenvalue weighted by Crippen LogP contribution is 2.26. The van der Waals surface area contributed by atoms with Crippen LogP contribution in [-0.4, -0.2) is 43.0 Å². The van der Waals surface area contributed by atoms with E-state index >= 15 is 0 Å². The number of carbonyl (C=O) groups is 2. The lowest BCUT2D eigenvalue weighted by molar-refractivity contribution is -0.118. The van der Waals surface area contributed by atoms with Gasteiger partial charge in [0.25, 0.3) is 11.8 Å². The molecule has 0 aliphatic carbocycles.